The van der Waals surface area contributed by atoms with Gasteiger partial charge < -0.3 is 4.90 Å². The highest BCUT2D eigenvalue weighted by molar-refractivity contribution is 5.88. The molecule has 1 aliphatic heterocycles. The largest absolute Gasteiger partial charge is 0.334 e. The van der Waals surface area contributed by atoms with Gasteiger partial charge in [0.15, 0.2) is 0 Å². The van der Waals surface area contributed by atoms with Gasteiger partial charge in [-0.3, -0.25) is 10.6 Å². The summed E-state index contributed by atoms with van der Waals surface area (Å²) in [6.45, 7) is 15.6. The molecule has 0 spiro atoms. The van der Waals surface area contributed by atoms with Gasteiger partial charge in [-0.15, -0.1) is 0 Å². The van der Waals surface area contributed by atoms with Crippen LogP contribution < -0.4 is 5.84 Å². The highest BCUT2D eigenvalue weighted by Gasteiger charge is 2.56. The van der Waals surface area contributed by atoms with Gasteiger partial charge in [0.05, 0.1) is 5.54 Å². The highest BCUT2D eigenvalue weighted by atomic mass is 16.2. The average molecular weight is 283 g/mol. The molecule has 1 heterocycles. The van der Waals surface area contributed by atoms with Gasteiger partial charge >= 0.3 is 0 Å². The number of piperazine rings is 1. The first-order valence-electron chi connectivity index (χ1n) is 8.02. The first-order valence-corrected chi connectivity index (χ1v) is 8.02. The van der Waals surface area contributed by atoms with E-state index in [1.807, 2.05) is 5.01 Å². The normalized spacial score (nSPS) is 23.2. The molecule has 4 nitrogen and oxygen atoms in total. The minimum absolute atomic E-state index is 0.118. The molecule has 0 aromatic rings. The molecule has 0 radical (unpaired) electrons. The molecule has 1 fully saturated rings. The van der Waals surface area contributed by atoms with Crippen LogP contribution in [0.25, 0.3) is 0 Å². The first-order chi connectivity index (χ1) is 9.15. The van der Waals surface area contributed by atoms with E-state index in [-0.39, 0.29) is 17.0 Å². The third-order valence-electron chi connectivity index (χ3n) is 5.36. The van der Waals surface area contributed by atoms with Crippen molar-refractivity contribution in [1.82, 2.24) is 9.91 Å². The quantitative estimate of drug-likeness (QED) is 0.807. The summed E-state index contributed by atoms with van der Waals surface area (Å²) >= 11 is 0. The van der Waals surface area contributed by atoms with Crippen LogP contribution in [0.4, 0.5) is 0 Å². The summed E-state index contributed by atoms with van der Waals surface area (Å²) in [5.74, 6) is 6.71. The third-order valence-corrected chi connectivity index (χ3v) is 5.36. The van der Waals surface area contributed by atoms with Crippen molar-refractivity contribution in [2.75, 3.05) is 6.54 Å². The summed E-state index contributed by atoms with van der Waals surface area (Å²) < 4.78 is 0. The van der Waals surface area contributed by atoms with E-state index in [0.29, 0.717) is 0 Å². The highest BCUT2D eigenvalue weighted by Crippen LogP contribution is 2.41. The monoisotopic (exact) mass is 283 g/mol. The van der Waals surface area contributed by atoms with E-state index in [0.717, 1.165) is 32.2 Å². The predicted molar refractivity (Wildman–Crippen MR) is 84.1 cm³/mol. The Morgan fingerprint density at radius 1 is 1.05 bits per heavy atom. The Morgan fingerprint density at radius 3 is 1.80 bits per heavy atom. The topological polar surface area (TPSA) is 49.6 Å². The Hall–Kier alpha value is -0.610. The first kappa shape index (κ1) is 17.4. The van der Waals surface area contributed by atoms with Gasteiger partial charge in [0.1, 0.15) is 5.54 Å². The third kappa shape index (κ3) is 2.37. The maximum absolute atomic E-state index is 13.1. The van der Waals surface area contributed by atoms with Gasteiger partial charge in [0.25, 0.3) is 0 Å². The average Bonchev–Trinajstić information content (AvgIpc) is 2.40. The van der Waals surface area contributed by atoms with E-state index in [9.17, 15) is 4.79 Å². The lowest BCUT2D eigenvalue weighted by Gasteiger charge is -2.60. The van der Waals surface area contributed by atoms with Crippen molar-refractivity contribution in [3.8, 4) is 0 Å². The number of nitrogens with zero attached hydrogens (tertiary/aromatic N) is 2. The maximum Gasteiger partial charge on any atom is 0.244 e. The SMILES string of the molecule is CCC1(CC)CN(C(C)(C)C)C(=O)C(CC)(CC)N1N. The zero-order valence-corrected chi connectivity index (χ0v) is 14.4. The Balaban J connectivity index is 3.41. The molecule has 1 rings (SSSR count). The van der Waals surface area contributed by atoms with E-state index in [1.165, 1.54) is 0 Å². The Morgan fingerprint density at radius 2 is 1.50 bits per heavy atom. The molecule has 2 N–H and O–H groups in total. The summed E-state index contributed by atoms with van der Waals surface area (Å²) in [6, 6.07) is 0. The molecule has 1 amide bonds. The van der Waals surface area contributed by atoms with Gasteiger partial charge in [0.2, 0.25) is 5.91 Å². The van der Waals surface area contributed by atoms with Gasteiger partial charge in [-0.05, 0) is 46.5 Å². The zero-order valence-electron chi connectivity index (χ0n) is 14.4. The predicted octanol–water partition coefficient (Wildman–Crippen LogP) is 2.92. The van der Waals surface area contributed by atoms with Gasteiger partial charge in [0, 0.05) is 12.1 Å². The summed E-state index contributed by atoms with van der Waals surface area (Å²) in [5, 5.41) is 1.91. The fourth-order valence-corrected chi connectivity index (χ4v) is 3.50. The fraction of sp³-hybridized carbons (Fsp3) is 0.938. The van der Waals surface area contributed by atoms with Gasteiger partial charge in [-0.1, -0.05) is 27.7 Å². The number of nitrogens with two attached hydrogens (primary N) is 1. The minimum atomic E-state index is -0.558. The van der Waals surface area contributed by atoms with E-state index < -0.39 is 5.54 Å². The number of hydrogen-bond donors (Lipinski definition) is 1. The zero-order chi connectivity index (χ0) is 15.8. The van der Waals surface area contributed by atoms with E-state index in [2.05, 4.69) is 53.4 Å². The Kier molecular flexibility index (Phi) is 4.92. The number of hydrazine groups is 1. The lowest BCUT2D eigenvalue weighted by Crippen LogP contribution is -2.78. The number of carbonyl (C=O) groups is 1. The van der Waals surface area contributed by atoms with Gasteiger partial charge in [-0.2, -0.15) is 0 Å². The van der Waals surface area contributed by atoms with Crippen molar-refractivity contribution in [3.63, 3.8) is 0 Å². The van der Waals surface area contributed by atoms with Crippen LogP contribution >= 0.6 is 0 Å². The molecule has 1 saturated heterocycles. The molecule has 0 aromatic carbocycles. The molecular formula is C16H33N3O. The number of amides is 1. The molecule has 0 bridgehead atoms. The lowest BCUT2D eigenvalue weighted by molar-refractivity contribution is -0.178. The molecule has 4 heteroatoms. The molecule has 0 aliphatic carbocycles. The summed E-state index contributed by atoms with van der Waals surface area (Å²) in [6.07, 6.45) is 3.43. The lowest BCUT2D eigenvalue weighted by atomic mass is 9.77. The van der Waals surface area contributed by atoms with Crippen molar-refractivity contribution < 1.29 is 4.79 Å². The molecule has 0 unspecified atom stereocenters. The van der Waals surface area contributed by atoms with Crippen molar-refractivity contribution in [3.05, 3.63) is 0 Å². The smallest absolute Gasteiger partial charge is 0.244 e. The van der Waals surface area contributed by atoms with Crippen molar-refractivity contribution >= 4 is 5.91 Å². The van der Waals surface area contributed by atoms with Crippen molar-refractivity contribution in [1.29, 1.82) is 0 Å². The second-order valence-corrected chi connectivity index (χ2v) is 7.10. The van der Waals surface area contributed by atoms with E-state index in [4.69, 9.17) is 5.84 Å². The van der Waals surface area contributed by atoms with E-state index >= 15 is 0 Å². The fourth-order valence-electron chi connectivity index (χ4n) is 3.50. The molecule has 1 aliphatic rings. The minimum Gasteiger partial charge on any atom is -0.334 e. The van der Waals surface area contributed by atoms with Crippen LogP contribution in [0.2, 0.25) is 0 Å². The number of carbonyl (C=O) groups excluding carboxylic acids is 1. The number of rotatable bonds is 4. The van der Waals surface area contributed by atoms with Crippen LogP contribution in [-0.2, 0) is 4.79 Å². The Labute approximate surface area is 124 Å². The Bertz CT molecular complexity index is 351. The van der Waals surface area contributed by atoms with Crippen LogP contribution in [0, 0.1) is 0 Å². The maximum atomic E-state index is 13.1. The van der Waals surface area contributed by atoms with E-state index in [1.54, 1.807) is 0 Å². The van der Waals surface area contributed by atoms with Crippen LogP contribution in [0.5, 0.6) is 0 Å². The van der Waals surface area contributed by atoms with Crippen molar-refractivity contribution in [2.45, 2.75) is 90.8 Å². The van der Waals surface area contributed by atoms with Gasteiger partial charge in [-0.25, -0.2) is 5.01 Å². The summed E-state index contributed by atoms with van der Waals surface area (Å²) in [5.41, 5.74) is -0.839. The van der Waals surface area contributed by atoms with Crippen LogP contribution in [0.3, 0.4) is 0 Å². The molecule has 0 saturated carbocycles. The summed E-state index contributed by atoms with van der Waals surface area (Å²) in [4.78, 5) is 15.1. The van der Waals surface area contributed by atoms with Crippen molar-refractivity contribution in [2.24, 2.45) is 5.84 Å². The molecule has 0 aromatic heterocycles. The standard InChI is InChI=1S/C16H33N3O/c1-8-15(9-2)12-18(14(5,6)7)13(20)16(10-3,11-4)19(15)17/h8-12,17H2,1-7H3. The molecule has 118 valence electrons. The van der Waals surface area contributed by atoms with Crippen LogP contribution in [-0.4, -0.2) is 39.0 Å². The second-order valence-electron chi connectivity index (χ2n) is 7.10. The van der Waals surface area contributed by atoms with Crippen LogP contribution in [0.15, 0.2) is 0 Å². The number of hydrogen-bond acceptors (Lipinski definition) is 3. The molecule has 0 atom stereocenters. The second kappa shape index (κ2) is 5.64. The summed E-state index contributed by atoms with van der Waals surface area (Å²) in [7, 11) is 0. The molecule has 20 heavy (non-hydrogen) atoms. The van der Waals surface area contributed by atoms with Crippen LogP contribution in [0.1, 0.15) is 74.1 Å². The molecular weight excluding hydrogens is 250 g/mol.